The molecule has 0 aliphatic carbocycles. The minimum atomic E-state index is -0.620. The first-order valence-corrected chi connectivity index (χ1v) is 6.05. The minimum Gasteiger partial charge on any atom is -0.461 e. The van der Waals surface area contributed by atoms with Gasteiger partial charge in [0.25, 0.3) is 0 Å². The summed E-state index contributed by atoms with van der Waals surface area (Å²) in [6.45, 7) is 1.91. The maximum atomic E-state index is 11.8. The van der Waals surface area contributed by atoms with Crippen LogP contribution in [-0.2, 0) is 14.4 Å². The predicted octanol–water partition coefficient (Wildman–Crippen LogP) is 1.27. The van der Waals surface area contributed by atoms with Crippen LogP contribution in [0.1, 0.15) is 17.4 Å². The van der Waals surface area contributed by atoms with Crippen LogP contribution in [0.15, 0.2) is 23.2 Å². The Labute approximate surface area is 109 Å². The molecule has 0 aliphatic rings. The Bertz CT molecular complexity index is 442. The molecule has 1 rings (SSSR count). The number of allylic oxidation sites excluding steroid dienone is 1. The van der Waals surface area contributed by atoms with Gasteiger partial charge in [-0.1, -0.05) is 0 Å². The number of ether oxygens (including phenoxy) is 1. The van der Waals surface area contributed by atoms with Crippen molar-refractivity contribution in [2.75, 3.05) is 20.8 Å². The van der Waals surface area contributed by atoms with Gasteiger partial charge in [0.1, 0.15) is 5.69 Å². The maximum Gasteiger partial charge on any atom is 0.357 e. The van der Waals surface area contributed by atoms with Crippen molar-refractivity contribution in [1.29, 1.82) is 0 Å². The third-order valence-electron chi connectivity index (χ3n) is 2.06. The lowest BCUT2D eigenvalue weighted by Crippen LogP contribution is -2.25. The van der Waals surface area contributed by atoms with Gasteiger partial charge in [0.05, 0.1) is 13.7 Å². The first-order valence-electron chi connectivity index (χ1n) is 5.21. The van der Waals surface area contributed by atoms with Crippen LogP contribution in [0.2, 0.25) is 0 Å². The molecular weight excluding hydrogens is 256 g/mol. The Morgan fingerprint density at radius 2 is 2.28 bits per heavy atom. The second kappa shape index (κ2) is 6.87. The number of hydroxylamine groups is 2. The summed E-state index contributed by atoms with van der Waals surface area (Å²) in [4.78, 5) is 28.4. The largest absolute Gasteiger partial charge is 0.461 e. The number of nitrogens with zero attached hydrogens (tertiary/aromatic N) is 2. The highest BCUT2D eigenvalue weighted by molar-refractivity contribution is 7.03. The topological polar surface area (TPSA) is 68.7 Å². The van der Waals surface area contributed by atoms with Crippen LogP contribution >= 0.6 is 11.5 Å². The Balaban J connectivity index is 2.95. The Morgan fingerprint density at radius 3 is 2.78 bits per heavy atom. The van der Waals surface area contributed by atoms with Crippen LogP contribution in [0, 0.1) is 0 Å². The second-order valence-electron chi connectivity index (χ2n) is 3.18. The molecule has 98 valence electrons. The van der Waals surface area contributed by atoms with E-state index in [-0.39, 0.29) is 23.8 Å². The summed E-state index contributed by atoms with van der Waals surface area (Å²) >= 11 is 1.17. The number of carbonyl (C=O) groups excluding carboxylic acids is 2. The molecule has 7 heteroatoms. The van der Waals surface area contributed by atoms with Gasteiger partial charge >= 0.3 is 5.97 Å². The molecule has 0 amide bonds. The van der Waals surface area contributed by atoms with Crippen molar-refractivity contribution >= 4 is 23.3 Å². The molecule has 1 aromatic heterocycles. The van der Waals surface area contributed by atoms with E-state index in [9.17, 15) is 9.59 Å². The smallest absolute Gasteiger partial charge is 0.357 e. The molecule has 0 atom stereocenters. The lowest BCUT2D eigenvalue weighted by molar-refractivity contribution is -0.149. The summed E-state index contributed by atoms with van der Waals surface area (Å²) in [5, 5.41) is 2.85. The van der Waals surface area contributed by atoms with E-state index >= 15 is 0 Å². The van der Waals surface area contributed by atoms with Crippen molar-refractivity contribution in [3.63, 3.8) is 0 Å². The van der Waals surface area contributed by atoms with E-state index in [0.717, 1.165) is 6.08 Å². The Kier molecular flexibility index (Phi) is 5.47. The highest BCUT2D eigenvalue weighted by Crippen LogP contribution is 2.09. The van der Waals surface area contributed by atoms with Crippen LogP contribution in [-0.4, -0.2) is 42.0 Å². The summed E-state index contributed by atoms with van der Waals surface area (Å²) in [5.74, 6) is -0.992. The fraction of sp³-hybridized carbons (Fsp3) is 0.364. The lowest BCUT2D eigenvalue weighted by atomic mass is 10.2. The average Bonchev–Trinajstić information content (AvgIpc) is 2.88. The number of ketones is 1. The van der Waals surface area contributed by atoms with Crippen molar-refractivity contribution in [2.45, 2.75) is 6.92 Å². The Morgan fingerprint density at radius 1 is 1.56 bits per heavy atom. The summed E-state index contributed by atoms with van der Waals surface area (Å²) in [6, 6.07) is 1.58. The molecule has 6 nitrogen and oxygen atoms in total. The van der Waals surface area contributed by atoms with E-state index in [0.29, 0.717) is 0 Å². The SMILES string of the molecule is CCOC(=O)/C(=C\C(=O)c1ccsn1)N(C)OC. The first-order chi connectivity index (χ1) is 8.60. The monoisotopic (exact) mass is 270 g/mol. The zero-order chi connectivity index (χ0) is 13.5. The van der Waals surface area contributed by atoms with Crippen molar-refractivity contribution in [1.82, 2.24) is 9.44 Å². The molecule has 18 heavy (non-hydrogen) atoms. The number of hydrogen-bond donors (Lipinski definition) is 0. The standard InChI is InChI=1S/C11H14N2O4S/c1-4-17-11(15)9(13(2)16-3)7-10(14)8-5-6-18-12-8/h5-7H,4H2,1-3H3/b9-7+. The number of rotatable bonds is 6. The highest BCUT2D eigenvalue weighted by Gasteiger charge is 2.18. The molecule has 1 heterocycles. The summed E-state index contributed by atoms with van der Waals surface area (Å²) in [6.07, 6.45) is 1.15. The third-order valence-corrected chi connectivity index (χ3v) is 2.62. The Hall–Kier alpha value is -1.73. The molecule has 0 saturated carbocycles. The van der Waals surface area contributed by atoms with Gasteiger partial charge in [0, 0.05) is 18.5 Å². The summed E-state index contributed by atoms with van der Waals surface area (Å²) in [5.41, 5.74) is 0.309. The molecule has 0 bridgehead atoms. The van der Waals surface area contributed by atoms with E-state index < -0.39 is 5.97 Å². The number of aromatic nitrogens is 1. The zero-order valence-electron chi connectivity index (χ0n) is 10.4. The number of likely N-dealkylation sites (N-methyl/N-ethyl adjacent to an activating group) is 1. The normalized spacial score (nSPS) is 11.2. The summed E-state index contributed by atoms with van der Waals surface area (Å²) in [7, 11) is 2.90. The molecule has 0 aromatic carbocycles. The van der Waals surface area contributed by atoms with E-state index in [1.54, 1.807) is 18.4 Å². The van der Waals surface area contributed by atoms with E-state index in [2.05, 4.69) is 4.37 Å². The third kappa shape index (κ3) is 3.64. The zero-order valence-corrected chi connectivity index (χ0v) is 11.2. The lowest BCUT2D eigenvalue weighted by Gasteiger charge is -2.17. The second-order valence-corrected chi connectivity index (χ2v) is 3.84. The van der Waals surface area contributed by atoms with Gasteiger partial charge in [-0.15, -0.1) is 0 Å². The van der Waals surface area contributed by atoms with Crippen molar-refractivity contribution < 1.29 is 19.2 Å². The van der Waals surface area contributed by atoms with Crippen LogP contribution in [0.4, 0.5) is 0 Å². The molecule has 0 spiro atoms. The fourth-order valence-corrected chi connectivity index (χ4v) is 1.63. The number of carbonyl (C=O) groups is 2. The van der Waals surface area contributed by atoms with Gasteiger partial charge in [-0.05, 0) is 24.5 Å². The van der Waals surface area contributed by atoms with Gasteiger partial charge in [0.15, 0.2) is 5.70 Å². The van der Waals surface area contributed by atoms with Crippen molar-refractivity contribution in [3.05, 3.63) is 28.9 Å². The van der Waals surface area contributed by atoms with Gasteiger partial charge < -0.3 is 4.74 Å². The van der Waals surface area contributed by atoms with Gasteiger partial charge in [0.2, 0.25) is 5.78 Å². The molecular formula is C11H14N2O4S. The van der Waals surface area contributed by atoms with Crippen LogP contribution in [0.5, 0.6) is 0 Å². The van der Waals surface area contributed by atoms with Crippen LogP contribution in [0.3, 0.4) is 0 Å². The van der Waals surface area contributed by atoms with Crippen LogP contribution in [0.25, 0.3) is 0 Å². The van der Waals surface area contributed by atoms with Crippen LogP contribution < -0.4 is 0 Å². The summed E-state index contributed by atoms with van der Waals surface area (Å²) < 4.78 is 8.74. The quantitative estimate of drug-likeness (QED) is 0.335. The minimum absolute atomic E-state index is 0.0253. The first kappa shape index (κ1) is 14.3. The van der Waals surface area contributed by atoms with Gasteiger partial charge in [-0.25, -0.2) is 4.79 Å². The number of esters is 1. The molecule has 0 radical (unpaired) electrons. The molecule has 0 fully saturated rings. The molecule has 0 unspecified atom stereocenters. The fourth-order valence-electron chi connectivity index (χ4n) is 1.12. The average molecular weight is 270 g/mol. The maximum absolute atomic E-state index is 11.8. The molecule has 0 N–H and O–H groups in total. The van der Waals surface area contributed by atoms with Gasteiger partial charge in [-0.2, -0.15) is 4.37 Å². The molecule has 0 saturated heterocycles. The number of hydrogen-bond acceptors (Lipinski definition) is 7. The van der Waals surface area contributed by atoms with Gasteiger partial charge in [-0.3, -0.25) is 14.7 Å². The van der Waals surface area contributed by atoms with E-state index in [1.165, 1.54) is 30.8 Å². The van der Waals surface area contributed by atoms with Crippen molar-refractivity contribution in [3.8, 4) is 0 Å². The van der Waals surface area contributed by atoms with Crippen molar-refractivity contribution in [2.24, 2.45) is 0 Å². The van der Waals surface area contributed by atoms with E-state index in [4.69, 9.17) is 9.57 Å². The van der Waals surface area contributed by atoms with E-state index in [1.807, 2.05) is 0 Å². The molecule has 1 aromatic rings. The predicted molar refractivity (Wildman–Crippen MR) is 65.9 cm³/mol. The highest BCUT2D eigenvalue weighted by atomic mass is 32.1. The molecule has 0 aliphatic heterocycles.